The lowest BCUT2D eigenvalue weighted by Crippen LogP contribution is -2.42. The molecule has 5 nitrogen and oxygen atoms in total. The lowest BCUT2D eigenvalue weighted by atomic mass is 9.93. The van der Waals surface area contributed by atoms with Gasteiger partial charge in [0.25, 0.3) is 5.91 Å². The molecule has 0 atom stereocenters. The molecule has 0 bridgehead atoms. The van der Waals surface area contributed by atoms with Gasteiger partial charge < -0.3 is 15.4 Å². The standard InChI is InChI=1S/C31H35N3O2/c1-2-19-34(27-12-4-3-5-13-27)31(35)25-11-8-9-23(20-25)15-16-24-21-28(17-18-29(24)33)36-30-14-7-6-10-26(30)22-32/h6-11,14,17-18,20-21,27H,2-5,12-13,15-16,19,33H2,1H3. The summed E-state index contributed by atoms with van der Waals surface area (Å²) in [5.74, 6) is 1.32. The van der Waals surface area contributed by atoms with E-state index in [4.69, 9.17) is 10.5 Å². The van der Waals surface area contributed by atoms with Crippen molar-refractivity contribution in [1.29, 1.82) is 5.26 Å². The van der Waals surface area contributed by atoms with Gasteiger partial charge in [0.2, 0.25) is 0 Å². The number of nitrogens with two attached hydrogens (primary N) is 1. The SMILES string of the molecule is CCCN(C(=O)c1cccc(CCc2cc(Oc3ccccc3C#N)ccc2N)c1)C1CCCCC1. The molecule has 0 saturated heterocycles. The highest BCUT2D eigenvalue weighted by molar-refractivity contribution is 5.94. The van der Waals surface area contributed by atoms with Gasteiger partial charge in [-0.05, 0) is 85.7 Å². The maximum atomic E-state index is 13.5. The van der Waals surface area contributed by atoms with Crippen LogP contribution in [-0.4, -0.2) is 23.4 Å². The molecule has 1 fully saturated rings. The molecule has 1 aliphatic carbocycles. The van der Waals surface area contributed by atoms with Crippen molar-refractivity contribution in [1.82, 2.24) is 4.90 Å². The summed E-state index contributed by atoms with van der Waals surface area (Å²) in [6.07, 6.45) is 8.39. The number of nitrogen functional groups attached to an aromatic ring is 1. The number of aryl methyl sites for hydroxylation is 2. The minimum atomic E-state index is 0.150. The molecule has 1 amide bonds. The van der Waals surface area contributed by atoms with Crippen LogP contribution in [0.3, 0.4) is 0 Å². The van der Waals surface area contributed by atoms with Crippen molar-refractivity contribution in [2.75, 3.05) is 12.3 Å². The van der Waals surface area contributed by atoms with Crippen molar-refractivity contribution < 1.29 is 9.53 Å². The van der Waals surface area contributed by atoms with Gasteiger partial charge in [-0.2, -0.15) is 5.26 Å². The van der Waals surface area contributed by atoms with Crippen molar-refractivity contribution in [2.45, 2.75) is 64.3 Å². The molecular formula is C31H35N3O2. The molecule has 1 aliphatic rings. The fourth-order valence-corrected chi connectivity index (χ4v) is 5.03. The monoisotopic (exact) mass is 481 g/mol. The summed E-state index contributed by atoms with van der Waals surface area (Å²) in [5.41, 5.74) is 10.3. The fourth-order valence-electron chi connectivity index (χ4n) is 5.03. The van der Waals surface area contributed by atoms with Crippen LogP contribution in [0.25, 0.3) is 0 Å². The summed E-state index contributed by atoms with van der Waals surface area (Å²) in [6.45, 7) is 2.95. The maximum Gasteiger partial charge on any atom is 0.254 e. The molecule has 0 unspecified atom stereocenters. The molecule has 0 heterocycles. The number of amides is 1. The summed E-state index contributed by atoms with van der Waals surface area (Å²) in [6, 6.07) is 23.3. The molecule has 0 spiro atoms. The van der Waals surface area contributed by atoms with E-state index in [2.05, 4.69) is 24.0 Å². The minimum Gasteiger partial charge on any atom is -0.456 e. The predicted molar refractivity (Wildman–Crippen MR) is 144 cm³/mol. The topological polar surface area (TPSA) is 79.3 Å². The quantitative estimate of drug-likeness (QED) is 0.337. The molecule has 3 aromatic carbocycles. The van der Waals surface area contributed by atoms with E-state index >= 15 is 0 Å². The van der Waals surface area contributed by atoms with Gasteiger partial charge in [0.05, 0.1) is 5.56 Å². The van der Waals surface area contributed by atoms with E-state index in [0.29, 0.717) is 28.8 Å². The van der Waals surface area contributed by atoms with E-state index in [9.17, 15) is 10.1 Å². The van der Waals surface area contributed by atoms with Gasteiger partial charge >= 0.3 is 0 Å². The molecule has 186 valence electrons. The van der Waals surface area contributed by atoms with E-state index in [1.807, 2.05) is 48.5 Å². The third-order valence-electron chi connectivity index (χ3n) is 6.95. The van der Waals surface area contributed by atoms with E-state index in [1.165, 1.54) is 19.3 Å². The van der Waals surface area contributed by atoms with Gasteiger partial charge in [-0.1, -0.05) is 50.5 Å². The second kappa shape index (κ2) is 12.3. The highest BCUT2D eigenvalue weighted by Gasteiger charge is 2.25. The Morgan fingerprint density at radius 3 is 2.61 bits per heavy atom. The van der Waals surface area contributed by atoms with Gasteiger partial charge in [-0.15, -0.1) is 0 Å². The number of hydrogen-bond acceptors (Lipinski definition) is 4. The molecule has 0 aliphatic heterocycles. The van der Waals surface area contributed by atoms with Crippen LogP contribution in [0.1, 0.15) is 72.5 Å². The molecule has 0 radical (unpaired) electrons. The second-order valence-corrected chi connectivity index (χ2v) is 9.56. The Morgan fingerprint density at radius 2 is 1.83 bits per heavy atom. The Kier molecular flexibility index (Phi) is 8.62. The first-order chi connectivity index (χ1) is 17.6. The Balaban J connectivity index is 1.46. The van der Waals surface area contributed by atoms with E-state index in [1.54, 1.807) is 12.1 Å². The predicted octanol–water partition coefficient (Wildman–Crippen LogP) is 6.90. The summed E-state index contributed by atoms with van der Waals surface area (Å²) >= 11 is 0. The Hall–Kier alpha value is -3.78. The molecule has 0 aromatic heterocycles. The van der Waals surface area contributed by atoms with Crippen LogP contribution in [-0.2, 0) is 12.8 Å². The lowest BCUT2D eigenvalue weighted by molar-refractivity contribution is 0.0634. The summed E-state index contributed by atoms with van der Waals surface area (Å²) in [4.78, 5) is 15.6. The first-order valence-electron chi connectivity index (χ1n) is 13.0. The van der Waals surface area contributed by atoms with Gasteiger partial charge in [0, 0.05) is 23.8 Å². The van der Waals surface area contributed by atoms with Crippen molar-refractivity contribution in [2.24, 2.45) is 0 Å². The number of nitriles is 1. The van der Waals surface area contributed by atoms with Gasteiger partial charge in [-0.3, -0.25) is 4.79 Å². The van der Waals surface area contributed by atoms with Gasteiger partial charge in [0.1, 0.15) is 17.6 Å². The number of rotatable bonds is 9. The van der Waals surface area contributed by atoms with Gasteiger partial charge in [-0.25, -0.2) is 0 Å². The Bertz CT molecular complexity index is 1220. The van der Waals surface area contributed by atoms with Crippen LogP contribution in [0.4, 0.5) is 5.69 Å². The number of ether oxygens (including phenoxy) is 1. The highest BCUT2D eigenvalue weighted by atomic mass is 16.5. The van der Waals surface area contributed by atoms with Crippen LogP contribution in [0.15, 0.2) is 66.7 Å². The van der Waals surface area contributed by atoms with Gasteiger partial charge in [0.15, 0.2) is 0 Å². The molecule has 3 aromatic rings. The zero-order valence-corrected chi connectivity index (χ0v) is 21.1. The number of benzene rings is 3. The largest absolute Gasteiger partial charge is 0.456 e. The summed E-state index contributed by atoms with van der Waals surface area (Å²) in [7, 11) is 0. The van der Waals surface area contributed by atoms with Crippen LogP contribution < -0.4 is 10.5 Å². The molecule has 36 heavy (non-hydrogen) atoms. The van der Waals surface area contributed by atoms with Crippen LogP contribution >= 0.6 is 0 Å². The second-order valence-electron chi connectivity index (χ2n) is 9.56. The highest BCUT2D eigenvalue weighted by Crippen LogP contribution is 2.29. The molecule has 5 heteroatoms. The summed E-state index contributed by atoms with van der Waals surface area (Å²) in [5, 5.41) is 9.33. The lowest BCUT2D eigenvalue weighted by Gasteiger charge is -2.34. The number of anilines is 1. The number of carbonyl (C=O) groups excluding carboxylic acids is 1. The van der Waals surface area contributed by atoms with Crippen molar-refractivity contribution in [3.8, 4) is 17.6 Å². The van der Waals surface area contributed by atoms with Crippen LogP contribution in [0.5, 0.6) is 11.5 Å². The van der Waals surface area contributed by atoms with E-state index < -0.39 is 0 Å². The van der Waals surface area contributed by atoms with E-state index in [-0.39, 0.29) is 5.91 Å². The molecule has 4 rings (SSSR count). The Morgan fingerprint density at radius 1 is 1.03 bits per heavy atom. The number of para-hydroxylation sites is 1. The number of nitrogens with zero attached hydrogens (tertiary/aromatic N) is 2. The minimum absolute atomic E-state index is 0.150. The van der Waals surface area contributed by atoms with Crippen LogP contribution in [0, 0.1) is 11.3 Å². The Labute approximate surface area is 214 Å². The average Bonchev–Trinajstić information content (AvgIpc) is 2.92. The molecular weight excluding hydrogens is 446 g/mol. The normalized spacial score (nSPS) is 13.7. The third-order valence-corrected chi connectivity index (χ3v) is 6.95. The fraction of sp³-hybridized carbons (Fsp3) is 0.355. The molecule has 2 N–H and O–H groups in total. The first-order valence-corrected chi connectivity index (χ1v) is 13.0. The van der Waals surface area contributed by atoms with Crippen LogP contribution in [0.2, 0.25) is 0 Å². The smallest absolute Gasteiger partial charge is 0.254 e. The van der Waals surface area contributed by atoms with Crippen molar-refractivity contribution in [3.05, 3.63) is 89.0 Å². The first kappa shape index (κ1) is 25.3. The van der Waals surface area contributed by atoms with E-state index in [0.717, 1.165) is 55.3 Å². The zero-order valence-electron chi connectivity index (χ0n) is 21.1. The average molecular weight is 482 g/mol. The number of carbonyl (C=O) groups is 1. The number of hydrogen-bond donors (Lipinski definition) is 1. The zero-order chi connectivity index (χ0) is 25.3. The third kappa shape index (κ3) is 6.26. The van der Waals surface area contributed by atoms with Crippen molar-refractivity contribution >= 4 is 11.6 Å². The summed E-state index contributed by atoms with van der Waals surface area (Å²) < 4.78 is 5.98. The van der Waals surface area contributed by atoms with Crippen molar-refractivity contribution in [3.63, 3.8) is 0 Å². The maximum absolute atomic E-state index is 13.5. The molecule has 1 saturated carbocycles.